The Labute approximate surface area is 106 Å². The quantitative estimate of drug-likeness (QED) is 0.876. The number of aryl methyl sites for hydroxylation is 2. The van der Waals surface area contributed by atoms with E-state index in [9.17, 15) is 4.79 Å². The first kappa shape index (κ1) is 13.6. The number of benzene rings is 1. The van der Waals surface area contributed by atoms with Gasteiger partial charge in [0.15, 0.2) is 6.61 Å². The van der Waals surface area contributed by atoms with Crippen LogP contribution < -0.4 is 10.1 Å². The molecule has 1 N–H and O–H groups in total. The lowest BCUT2D eigenvalue weighted by Crippen LogP contribution is -2.29. The summed E-state index contributed by atoms with van der Waals surface area (Å²) in [6, 6.07) is 5.81. The number of rotatable bonds is 5. The van der Waals surface area contributed by atoms with Gasteiger partial charge in [0.25, 0.3) is 5.91 Å². The van der Waals surface area contributed by atoms with Gasteiger partial charge in [-0.3, -0.25) is 4.79 Å². The van der Waals surface area contributed by atoms with E-state index < -0.39 is 0 Å². The lowest BCUT2D eigenvalue weighted by molar-refractivity contribution is -0.122. The molecule has 0 bridgehead atoms. The van der Waals surface area contributed by atoms with Crippen LogP contribution in [0.25, 0.3) is 0 Å². The molecular weight excluding hydrogens is 238 g/mol. The van der Waals surface area contributed by atoms with Gasteiger partial charge in [0.1, 0.15) is 5.75 Å². The highest BCUT2D eigenvalue weighted by molar-refractivity contribution is 6.29. The fraction of sp³-hybridized carbons (Fsp3) is 0.308. The average Bonchev–Trinajstić information content (AvgIpc) is 2.25. The number of carbonyl (C=O) groups is 1. The van der Waals surface area contributed by atoms with Crippen molar-refractivity contribution < 1.29 is 9.53 Å². The fourth-order valence-electron chi connectivity index (χ4n) is 1.35. The zero-order valence-electron chi connectivity index (χ0n) is 10.0. The molecule has 1 rings (SSSR count). The van der Waals surface area contributed by atoms with E-state index in [4.69, 9.17) is 16.3 Å². The molecule has 17 heavy (non-hydrogen) atoms. The molecular formula is C13H16ClNO2. The summed E-state index contributed by atoms with van der Waals surface area (Å²) in [5.41, 5.74) is 2.18. The Bertz CT molecular complexity index is 429. The smallest absolute Gasteiger partial charge is 0.258 e. The van der Waals surface area contributed by atoms with E-state index >= 15 is 0 Å². The summed E-state index contributed by atoms with van der Waals surface area (Å²) in [7, 11) is 0. The number of hydrogen-bond donors (Lipinski definition) is 1. The lowest BCUT2D eigenvalue weighted by atomic mass is 10.1. The van der Waals surface area contributed by atoms with Gasteiger partial charge >= 0.3 is 0 Å². The van der Waals surface area contributed by atoms with Crippen LogP contribution >= 0.6 is 11.6 Å². The highest BCUT2D eigenvalue weighted by atomic mass is 35.5. The molecule has 0 radical (unpaired) electrons. The molecule has 0 atom stereocenters. The molecule has 0 spiro atoms. The summed E-state index contributed by atoms with van der Waals surface area (Å²) < 4.78 is 5.40. The van der Waals surface area contributed by atoms with Crippen molar-refractivity contribution in [2.24, 2.45) is 0 Å². The van der Waals surface area contributed by atoms with Gasteiger partial charge in [0, 0.05) is 5.03 Å². The number of halogens is 1. The van der Waals surface area contributed by atoms with Crippen LogP contribution in [0.15, 0.2) is 29.8 Å². The van der Waals surface area contributed by atoms with Crippen LogP contribution in [0.1, 0.15) is 11.1 Å². The summed E-state index contributed by atoms with van der Waals surface area (Å²) >= 11 is 5.53. The van der Waals surface area contributed by atoms with Crippen LogP contribution in [0.3, 0.4) is 0 Å². The Morgan fingerprint density at radius 1 is 1.47 bits per heavy atom. The third-order valence-electron chi connectivity index (χ3n) is 2.17. The van der Waals surface area contributed by atoms with Crippen molar-refractivity contribution >= 4 is 17.5 Å². The van der Waals surface area contributed by atoms with Gasteiger partial charge in [-0.1, -0.05) is 35.9 Å². The SMILES string of the molecule is C=C(Cl)CNC(=O)COc1ccc(C)cc1C. The summed E-state index contributed by atoms with van der Waals surface area (Å²) in [6.07, 6.45) is 0. The molecule has 3 nitrogen and oxygen atoms in total. The number of hydrogen-bond acceptors (Lipinski definition) is 2. The first-order chi connectivity index (χ1) is 7.99. The van der Waals surface area contributed by atoms with Crippen molar-refractivity contribution in [3.8, 4) is 5.75 Å². The molecule has 0 saturated carbocycles. The van der Waals surface area contributed by atoms with Gasteiger partial charge < -0.3 is 10.1 Å². The monoisotopic (exact) mass is 253 g/mol. The zero-order valence-corrected chi connectivity index (χ0v) is 10.8. The van der Waals surface area contributed by atoms with E-state index in [-0.39, 0.29) is 19.1 Å². The van der Waals surface area contributed by atoms with Gasteiger partial charge in [-0.05, 0) is 25.5 Å². The standard InChI is InChI=1S/C13H16ClNO2/c1-9-4-5-12(10(2)6-9)17-8-13(16)15-7-11(3)14/h4-6H,3,7-8H2,1-2H3,(H,15,16). The zero-order chi connectivity index (χ0) is 12.8. The van der Waals surface area contributed by atoms with Crippen LogP contribution in [-0.4, -0.2) is 19.1 Å². The van der Waals surface area contributed by atoms with Crippen molar-refractivity contribution in [1.29, 1.82) is 0 Å². The predicted molar refractivity (Wildman–Crippen MR) is 69.4 cm³/mol. The Balaban J connectivity index is 2.44. The minimum atomic E-state index is -0.216. The second-order valence-electron chi connectivity index (χ2n) is 3.85. The Morgan fingerprint density at radius 2 is 2.18 bits per heavy atom. The second kappa shape index (κ2) is 6.30. The molecule has 0 aliphatic carbocycles. The van der Waals surface area contributed by atoms with Gasteiger partial charge in [-0.2, -0.15) is 0 Å². The van der Waals surface area contributed by atoms with Crippen molar-refractivity contribution in [2.75, 3.05) is 13.2 Å². The van der Waals surface area contributed by atoms with E-state index in [0.29, 0.717) is 5.03 Å². The van der Waals surface area contributed by atoms with Crippen LogP contribution in [0.4, 0.5) is 0 Å². The number of amides is 1. The molecule has 0 aliphatic rings. The van der Waals surface area contributed by atoms with Gasteiger partial charge in [-0.15, -0.1) is 0 Å². The normalized spacial score (nSPS) is 9.82. The molecule has 1 aromatic rings. The minimum Gasteiger partial charge on any atom is -0.484 e. The Kier molecular flexibility index (Phi) is 5.04. The second-order valence-corrected chi connectivity index (χ2v) is 4.39. The molecule has 92 valence electrons. The molecule has 0 aromatic heterocycles. The third-order valence-corrected chi connectivity index (χ3v) is 2.30. The molecule has 1 amide bonds. The highest BCUT2D eigenvalue weighted by Crippen LogP contribution is 2.18. The molecule has 0 fully saturated rings. The van der Waals surface area contributed by atoms with E-state index in [1.807, 2.05) is 32.0 Å². The first-order valence-electron chi connectivity index (χ1n) is 5.29. The molecule has 0 heterocycles. The Morgan fingerprint density at radius 3 is 2.76 bits per heavy atom. The third kappa shape index (κ3) is 4.91. The van der Waals surface area contributed by atoms with Gasteiger partial charge in [-0.25, -0.2) is 0 Å². The van der Waals surface area contributed by atoms with E-state index in [0.717, 1.165) is 16.9 Å². The summed E-state index contributed by atoms with van der Waals surface area (Å²) in [4.78, 5) is 11.4. The number of carbonyl (C=O) groups excluding carboxylic acids is 1. The van der Waals surface area contributed by atoms with E-state index in [1.165, 1.54) is 0 Å². The predicted octanol–water partition coefficient (Wildman–Crippen LogP) is 2.55. The van der Waals surface area contributed by atoms with Gasteiger partial charge in [0.2, 0.25) is 0 Å². The maximum absolute atomic E-state index is 11.4. The summed E-state index contributed by atoms with van der Waals surface area (Å²) in [5, 5.41) is 2.98. The van der Waals surface area contributed by atoms with Crippen molar-refractivity contribution in [3.05, 3.63) is 40.9 Å². The highest BCUT2D eigenvalue weighted by Gasteiger charge is 2.04. The van der Waals surface area contributed by atoms with Crippen LogP contribution in [0.5, 0.6) is 5.75 Å². The van der Waals surface area contributed by atoms with E-state index in [1.54, 1.807) is 0 Å². The van der Waals surface area contributed by atoms with Crippen molar-refractivity contribution in [2.45, 2.75) is 13.8 Å². The van der Waals surface area contributed by atoms with Crippen molar-refractivity contribution in [1.82, 2.24) is 5.32 Å². The molecule has 0 aliphatic heterocycles. The molecule has 1 aromatic carbocycles. The largest absolute Gasteiger partial charge is 0.484 e. The maximum atomic E-state index is 11.4. The fourth-order valence-corrected chi connectivity index (χ4v) is 1.42. The first-order valence-corrected chi connectivity index (χ1v) is 5.67. The maximum Gasteiger partial charge on any atom is 0.258 e. The summed E-state index contributed by atoms with van der Waals surface area (Å²) in [6.45, 7) is 7.67. The lowest BCUT2D eigenvalue weighted by Gasteiger charge is -2.09. The minimum absolute atomic E-state index is 0.0198. The van der Waals surface area contributed by atoms with Crippen LogP contribution in [-0.2, 0) is 4.79 Å². The van der Waals surface area contributed by atoms with Crippen LogP contribution in [0, 0.1) is 13.8 Å². The van der Waals surface area contributed by atoms with Crippen LogP contribution in [0.2, 0.25) is 0 Å². The molecule has 0 saturated heterocycles. The number of ether oxygens (including phenoxy) is 1. The molecule has 0 unspecified atom stereocenters. The van der Waals surface area contributed by atoms with E-state index in [2.05, 4.69) is 11.9 Å². The summed E-state index contributed by atoms with van der Waals surface area (Å²) in [5.74, 6) is 0.502. The molecule has 4 heteroatoms. The average molecular weight is 254 g/mol. The number of nitrogens with one attached hydrogen (secondary N) is 1. The van der Waals surface area contributed by atoms with Gasteiger partial charge in [0.05, 0.1) is 6.54 Å². The topological polar surface area (TPSA) is 38.3 Å². The van der Waals surface area contributed by atoms with Crippen molar-refractivity contribution in [3.63, 3.8) is 0 Å². The Hall–Kier alpha value is -1.48.